The van der Waals surface area contributed by atoms with Crippen LogP contribution in [0.15, 0.2) is 18.2 Å². The summed E-state index contributed by atoms with van der Waals surface area (Å²) in [4.78, 5) is 16.7. The Morgan fingerprint density at radius 3 is 2.54 bits per heavy atom. The van der Waals surface area contributed by atoms with Crippen LogP contribution in [0.5, 0.6) is 0 Å². The number of halogens is 2. The van der Waals surface area contributed by atoms with Crippen molar-refractivity contribution in [3.63, 3.8) is 0 Å². The monoisotopic (exact) mass is 365 g/mol. The Labute approximate surface area is 154 Å². The fourth-order valence-electron chi connectivity index (χ4n) is 4.40. The lowest BCUT2D eigenvalue weighted by Crippen LogP contribution is -2.50. The van der Waals surface area contributed by atoms with Crippen molar-refractivity contribution in [3.05, 3.63) is 35.4 Å². The summed E-state index contributed by atoms with van der Waals surface area (Å²) in [5, 5.41) is 0. The molecule has 1 aromatic rings. The number of hydrogen-bond acceptors (Lipinski definition) is 3. The van der Waals surface area contributed by atoms with E-state index in [0.29, 0.717) is 44.1 Å². The Kier molecular flexibility index (Phi) is 6.24. The number of carbonyl (C=O) groups excluding carboxylic acids is 1. The summed E-state index contributed by atoms with van der Waals surface area (Å²) >= 11 is 0. The molecule has 0 bridgehead atoms. The molecule has 3 rings (SSSR count). The van der Waals surface area contributed by atoms with Crippen LogP contribution in [-0.4, -0.2) is 47.9 Å². The molecule has 6 heteroatoms. The molecule has 4 nitrogen and oxygen atoms in total. The van der Waals surface area contributed by atoms with E-state index in [2.05, 4.69) is 4.90 Å². The molecule has 2 aliphatic rings. The molecule has 1 heterocycles. The van der Waals surface area contributed by atoms with Crippen LogP contribution in [0.25, 0.3) is 0 Å². The van der Waals surface area contributed by atoms with Crippen molar-refractivity contribution in [2.75, 3.05) is 26.2 Å². The van der Waals surface area contributed by atoms with Gasteiger partial charge in [-0.1, -0.05) is 19.4 Å². The maximum atomic E-state index is 14.2. The van der Waals surface area contributed by atoms with Gasteiger partial charge >= 0.3 is 0 Å². The van der Waals surface area contributed by atoms with Crippen LogP contribution in [0.2, 0.25) is 0 Å². The highest BCUT2D eigenvalue weighted by Gasteiger charge is 2.31. The number of hydrogen-bond donors (Lipinski definition) is 1. The molecule has 1 saturated heterocycles. The molecule has 0 aromatic heterocycles. The molecule has 1 aliphatic heterocycles. The topological polar surface area (TPSA) is 49.6 Å². The first kappa shape index (κ1) is 19.2. The minimum absolute atomic E-state index is 0.0869. The molecule has 1 aliphatic carbocycles. The predicted octanol–water partition coefficient (Wildman–Crippen LogP) is 3.08. The Morgan fingerprint density at radius 2 is 1.96 bits per heavy atom. The van der Waals surface area contributed by atoms with E-state index >= 15 is 0 Å². The van der Waals surface area contributed by atoms with Gasteiger partial charge in [0.1, 0.15) is 11.6 Å². The van der Waals surface area contributed by atoms with Crippen LogP contribution in [-0.2, 0) is 4.79 Å². The number of benzene rings is 1. The number of carbonyl (C=O) groups is 1. The Hall–Kier alpha value is -1.53. The van der Waals surface area contributed by atoms with Crippen LogP contribution in [0.1, 0.15) is 50.6 Å². The standard InChI is InChI=1S/C20H29F2N3O/c1-2-19(16-7-6-15(21)13-17(16)22)24-8-10-25(11-9-24)20(26)12-14-4-3-5-18(14)23/h6-7,13-14,18-19H,2-5,8-12,23H2,1H3/t14-,18+,19?/m0/s1. The second kappa shape index (κ2) is 8.44. The Bertz CT molecular complexity index is 631. The maximum Gasteiger partial charge on any atom is 0.222 e. The van der Waals surface area contributed by atoms with Crippen molar-refractivity contribution in [3.8, 4) is 0 Å². The summed E-state index contributed by atoms with van der Waals surface area (Å²) in [6.07, 6.45) is 4.48. The lowest BCUT2D eigenvalue weighted by Gasteiger charge is -2.39. The van der Waals surface area contributed by atoms with Crippen LogP contribution in [0.4, 0.5) is 8.78 Å². The third-order valence-corrected chi connectivity index (χ3v) is 5.97. The van der Waals surface area contributed by atoms with Crippen LogP contribution >= 0.6 is 0 Å². The van der Waals surface area contributed by atoms with Crippen LogP contribution < -0.4 is 5.73 Å². The fourth-order valence-corrected chi connectivity index (χ4v) is 4.40. The van der Waals surface area contributed by atoms with Crippen molar-refractivity contribution >= 4 is 5.91 Å². The van der Waals surface area contributed by atoms with E-state index in [-0.39, 0.29) is 18.0 Å². The molecule has 0 radical (unpaired) electrons. The maximum absolute atomic E-state index is 14.2. The van der Waals surface area contributed by atoms with Crippen molar-refractivity contribution in [2.24, 2.45) is 11.7 Å². The molecule has 3 atom stereocenters. The zero-order chi connectivity index (χ0) is 18.7. The second-order valence-electron chi connectivity index (χ2n) is 7.57. The molecule has 0 spiro atoms. The zero-order valence-corrected chi connectivity index (χ0v) is 15.5. The molecule has 2 fully saturated rings. The average molecular weight is 365 g/mol. The summed E-state index contributed by atoms with van der Waals surface area (Å²) in [6, 6.07) is 3.87. The van der Waals surface area contributed by atoms with Gasteiger partial charge in [-0.15, -0.1) is 0 Å². The Morgan fingerprint density at radius 1 is 1.23 bits per heavy atom. The van der Waals surface area contributed by atoms with Crippen molar-refractivity contribution in [1.82, 2.24) is 9.80 Å². The molecule has 1 unspecified atom stereocenters. The minimum atomic E-state index is -0.554. The van der Waals surface area contributed by atoms with E-state index in [4.69, 9.17) is 5.73 Å². The van der Waals surface area contributed by atoms with Gasteiger partial charge in [-0.05, 0) is 31.2 Å². The van der Waals surface area contributed by atoms with Gasteiger partial charge in [0, 0.05) is 56.3 Å². The normalized spacial score (nSPS) is 25.5. The minimum Gasteiger partial charge on any atom is -0.340 e. The molecular formula is C20H29F2N3O. The quantitative estimate of drug-likeness (QED) is 0.872. The van der Waals surface area contributed by atoms with Crippen molar-refractivity contribution in [1.29, 1.82) is 0 Å². The highest BCUT2D eigenvalue weighted by molar-refractivity contribution is 5.76. The van der Waals surface area contributed by atoms with Gasteiger partial charge in [0.15, 0.2) is 0 Å². The lowest BCUT2D eigenvalue weighted by atomic mass is 9.98. The Balaban J connectivity index is 1.57. The molecule has 2 N–H and O–H groups in total. The number of rotatable bonds is 5. The fraction of sp³-hybridized carbons (Fsp3) is 0.650. The van der Waals surface area contributed by atoms with Gasteiger partial charge in [-0.2, -0.15) is 0 Å². The molecule has 1 amide bonds. The predicted molar refractivity (Wildman–Crippen MR) is 97.5 cm³/mol. The molecule has 144 valence electrons. The van der Waals surface area contributed by atoms with Gasteiger partial charge in [0.25, 0.3) is 0 Å². The first-order chi connectivity index (χ1) is 12.5. The summed E-state index contributed by atoms with van der Waals surface area (Å²) in [7, 11) is 0. The van der Waals surface area contributed by atoms with Crippen molar-refractivity contribution < 1.29 is 13.6 Å². The summed E-state index contributed by atoms with van der Waals surface area (Å²) < 4.78 is 27.4. The van der Waals surface area contributed by atoms with E-state index in [1.165, 1.54) is 12.1 Å². The number of nitrogens with two attached hydrogens (primary N) is 1. The second-order valence-corrected chi connectivity index (χ2v) is 7.57. The zero-order valence-electron chi connectivity index (χ0n) is 15.5. The van der Waals surface area contributed by atoms with E-state index in [9.17, 15) is 13.6 Å². The average Bonchev–Trinajstić information content (AvgIpc) is 3.02. The third-order valence-electron chi connectivity index (χ3n) is 5.97. The third kappa shape index (κ3) is 4.23. The van der Waals surface area contributed by atoms with Gasteiger partial charge in [0.2, 0.25) is 5.91 Å². The summed E-state index contributed by atoms with van der Waals surface area (Å²) in [5.74, 6) is -0.544. The summed E-state index contributed by atoms with van der Waals surface area (Å²) in [5.41, 5.74) is 6.62. The highest BCUT2D eigenvalue weighted by Crippen LogP contribution is 2.30. The van der Waals surface area contributed by atoms with Gasteiger partial charge in [0.05, 0.1) is 0 Å². The van der Waals surface area contributed by atoms with E-state index in [0.717, 1.165) is 31.7 Å². The van der Waals surface area contributed by atoms with Gasteiger partial charge < -0.3 is 10.6 Å². The molecular weight excluding hydrogens is 336 g/mol. The van der Waals surface area contributed by atoms with E-state index < -0.39 is 11.6 Å². The number of piperazine rings is 1. The number of nitrogens with zero attached hydrogens (tertiary/aromatic N) is 2. The smallest absolute Gasteiger partial charge is 0.222 e. The van der Waals surface area contributed by atoms with E-state index in [1.54, 1.807) is 0 Å². The highest BCUT2D eigenvalue weighted by atomic mass is 19.1. The largest absolute Gasteiger partial charge is 0.340 e. The van der Waals surface area contributed by atoms with Gasteiger partial charge in [-0.25, -0.2) is 8.78 Å². The van der Waals surface area contributed by atoms with E-state index in [1.807, 2.05) is 11.8 Å². The molecule has 1 saturated carbocycles. The first-order valence-electron chi connectivity index (χ1n) is 9.72. The first-order valence-corrected chi connectivity index (χ1v) is 9.72. The number of amides is 1. The molecule has 26 heavy (non-hydrogen) atoms. The SMILES string of the molecule is CCC(c1ccc(F)cc1F)N1CCN(C(=O)C[C@@H]2CCC[C@H]2N)CC1. The van der Waals surface area contributed by atoms with Crippen LogP contribution in [0.3, 0.4) is 0 Å². The molecule has 1 aromatic carbocycles. The van der Waals surface area contributed by atoms with Crippen molar-refractivity contribution in [2.45, 2.75) is 51.1 Å². The summed E-state index contributed by atoms with van der Waals surface area (Å²) in [6.45, 7) is 4.72. The van der Waals surface area contributed by atoms with Gasteiger partial charge in [-0.3, -0.25) is 9.69 Å². The van der Waals surface area contributed by atoms with Crippen LogP contribution in [0, 0.1) is 17.6 Å². The lowest BCUT2D eigenvalue weighted by molar-refractivity contribution is -0.134.